The summed E-state index contributed by atoms with van der Waals surface area (Å²) in [5, 5.41) is 7.50. The van der Waals surface area contributed by atoms with Crippen LogP contribution in [-0.4, -0.2) is 58.7 Å². The Labute approximate surface area is 196 Å². The standard InChI is InChI=1S/C19H32N4O3S2.HI/c1-4-27-17-9-8-16(13-17)23-19(20-2)21-14-15-6-5-7-18(12-15)28(24,25)22-10-11-26-3;/h5-7,12,16-17,22H,4,8-11,13-14H2,1-3H3,(H2,20,21,23);1H. The van der Waals surface area contributed by atoms with E-state index >= 15 is 0 Å². The van der Waals surface area contributed by atoms with Crippen LogP contribution < -0.4 is 15.4 Å². The van der Waals surface area contributed by atoms with Crippen LogP contribution in [0.2, 0.25) is 0 Å². The molecular weight excluding hydrogens is 523 g/mol. The summed E-state index contributed by atoms with van der Waals surface area (Å²) >= 11 is 2.03. The van der Waals surface area contributed by atoms with Gasteiger partial charge in [0.15, 0.2) is 5.96 Å². The summed E-state index contributed by atoms with van der Waals surface area (Å²) in [5.41, 5.74) is 0.878. The highest BCUT2D eigenvalue weighted by atomic mass is 127. The second-order valence-electron chi connectivity index (χ2n) is 6.70. The van der Waals surface area contributed by atoms with Gasteiger partial charge in [0.1, 0.15) is 0 Å². The normalized spacial score (nSPS) is 19.6. The third-order valence-corrected chi connectivity index (χ3v) is 7.31. The highest BCUT2D eigenvalue weighted by molar-refractivity contribution is 14.0. The third kappa shape index (κ3) is 8.99. The Morgan fingerprint density at radius 1 is 1.34 bits per heavy atom. The lowest BCUT2D eigenvalue weighted by molar-refractivity contribution is 0.204. The predicted molar refractivity (Wildman–Crippen MR) is 132 cm³/mol. The summed E-state index contributed by atoms with van der Waals surface area (Å²) in [5.74, 6) is 1.91. The maximum absolute atomic E-state index is 12.3. The first kappa shape index (κ1) is 26.5. The SMILES string of the molecule is CCSC1CCC(NC(=NC)NCc2cccc(S(=O)(=O)NCCOC)c2)C1.I. The Morgan fingerprint density at radius 2 is 2.14 bits per heavy atom. The smallest absolute Gasteiger partial charge is 0.240 e. The first-order valence-electron chi connectivity index (χ1n) is 9.64. The molecule has 2 unspecified atom stereocenters. The van der Waals surface area contributed by atoms with Crippen LogP contribution in [0.15, 0.2) is 34.2 Å². The van der Waals surface area contributed by atoms with Gasteiger partial charge in [0.05, 0.1) is 11.5 Å². The quantitative estimate of drug-likeness (QED) is 0.178. The molecule has 0 aromatic heterocycles. The van der Waals surface area contributed by atoms with E-state index in [0.29, 0.717) is 19.2 Å². The fourth-order valence-corrected chi connectivity index (χ4v) is 5.44. The van der Waals surface area contributed by atoms with Crippen molar-refractivity contribution < 1.29 is 13.2 Å². The molecule has 2 rings (SSSR count). The summed E-state index contributed by atoms with van der Waals surface area (Å²) in [7, 11) is -0.245. The fourth-order valence-electron chi connectivity index (χ4n) is 3.22. The molecule has 10 heteroatoms. The second-order valence-corrected chi connectivity index (χ2v) is 10.0. The van der Waals surface area contributed by atoms with Gasteiger partial charge in [-0.2, -0.15) is 11.8 Å². The molecule has 1 aromatic carbocycles. The van der Waals surface area contributed by atoms with Gasteiger partial charge in [-0.05, 0) is 42.7 Å². The molecule has 3 N–H and O–H groups in total. The molecule has 7 nitrogen and oxygen atoms in total. The molecule has 29 heavy (non-hydrogen) atoms. The van der Waals surface area contributed by atoms with Crippen molar-refractivity contribution in [2.75, 3.05) is 33.1 Å². The average molecular weight is 557 g/mol. The summed E-state index contributed by atoms with van der Waals surface area (Å²) < 4.78 is 32.1. The molecule has 1 saturated carbocycles. The number of methoxy groups -OCH3 is 1. The zero-order valence-electron chi connectivity index (χ0n) is 17.3. The molecule has 0 spiro atoms. The van der Waals surface area contributed by atoms with Crippen LogP contribution in [0.5, 0.6) is 0 Å². The minimum absolute atomic E-state index is 0. The number of hydrogen-bond donors (Lipinski definition) is 3. The van der Waals surface area contributed by atoms with E-state index in [-0.39, 0.29) is 35.4 Å². The lowest BCUT2D eigenvalue weighted by atomic mass is 10.2. The lowest BCUT2D eigenvalue weighted by Crippen LogP contribution is -2.42. The minimum Gasteiger partial charge on any atom is -0.383 e. The third-order valence-electron chi connectivity index (χ3n) is 4.62. The highest BCUT2D eigenvalue weighted by Crippen LogP contribution is 2.29. The molecule has 1 fully saturated rings. The van der Waals surface area contributed by atoms with Gasteiger partial charge in [0.25, 0.3) is 0 Å². The van der Waals surface area contributed by atoms with Crippen LogP contribution in [0.3, 0.4) is 0 Å². The van der Waals surface area contributed by atoms with E-state index in [1.54, 1.807) is 25.2 Å². The van der Waals surface area contributed by atoms with Gasteiger partial charge in [-0.1, -0.05) is 19.1 Å². The largest absolute Gasteiger partial charge is 0.383 e. The Morgan fingerprint density at radius 3 is 2.83 bits per heavy atom. The number of ether oxygens (including phenoxy) is 1. The number of rotatable bonds is 10. The van der Waals surface area contributed by atoms with E-state index < -0.39 is 10.0 Å². The number of guanidine groups is 1. The van der Waals surface area contributed by atoms with Crippen molar-refractivity contribution in [3.8, 4) is 0 Å². The van der Waals surface area contributed by atoms with Crippen molar-refractivity contribution in [3.05, 3.63) is 29.8 Å². The van der Waals surface area contributed by atoms with Gasteiger partial charge in [0, 0.05) is 38.5 Å². The monoisotopic (exact) mass is 556 g/mol. The van der Waals surface area contributed by atoms with E-state index in [1.165, 1.54) is 13.5 Å². The van der Waals surface area contributed by atoms with Crippen LogP contribution in [0.4, 0.5) is 0 Å². The molecule has 1 aromatic rings. The van der Waals surface area contributed by atoms with Crippen molar-refractivity contribution in [3.63, 3.8) is 0 Å². The van der Waals surface area contributed by atoms with E-state index in [4.69, 9.17) is 4.74 Å². The molecule has 0 radical (unpaired) electrons. The number of aliphatic imine (C=N–C) groups is 1. The number of halogens is 1. The fraction of sp³-hybridized carbons (Fsp3) is 0.632. The van der Waals surface area contributed by atoms with Crippen molar-refractivity contribution in [1.29, 1.82) is 0 Å². The van der Waals surface area contributed by atoms with Gasteiger partial charge < -0.3 is 15.4 Å². The van der Waals surface area contributed by atoms with Crippen molar-refractivity contribution in [1.82, 2.24) is 15.4 Å². The number of benzene rings is 1. The molecule has 0 amide bonds. The number of nitrogens with one attached hydrogen (secondary N) is 3. The number of thioether (sulfide) groups is 1. The summed E-state index contributed by atoms with van der Waals surface area (Å²) in [6.07, 6.45) is 3.54. The van der Waals surface area contributed by atoms with Crippen molar-refractivity contribution in [2.24, 2.45) is 4.99 Å². The van der Waals surface area contributed by atoms with E-state index in [1.807, 2.05) is 17.8 Å². The molecule has 166 valence electrons. The molecule has 0 saturated heterocycles. The predicted octanol–water partition coefficient (Wildman–Crippen LogP) is 2.57. The number of hydrogen-bond acceptors (Lipinski definition) is 5. The van der Waals surface area contributed by atoms with Gasteiger partial charge >= 0.3 is 0 Å². The maximum atomic E-state index is 12.3. The molecule has 0 heterocycles. The van der Waals surface area contributed by atoms with Gasteiger partial charge in [0.2, 0.25) is 10.0 Å². The lowest BCUT2D eigenvalue weighted by Gasteiger charge is -2.17. The zero-order valence-corrected chi connectivity index (χ0v) is 21.3. The topological polar surface area (TPSA) is 91.8 Å². The highest BCUT2D eigenvalue weighted by Gasteiger charge is 2.25. The van der Waals surface area contributed by atoms with Crippen LogP contribution in [0, 0.1) is 0 Å². The Balaban J connectivity index is 0.00000420. The van der Waals surface area contributed by atoms with E-state index in [0.717, 1.165) is 35.4 Å². The minimum atomic E-state index is -3.54. The van der Waals surface area contributed by atoms with Crippen molar-refractivity contribution >= 4 is 51.7 Å². The van der Waals surface area contributed by atoms with Gasteiger partial charge in [-0.3, -0.25) is 4.99 Å². The summed E-state index contributed by atoms with van der Waals surface area (Å²) in [4.78, 5) is 4.55. The molecule has 1 aliphatic rings. The first-order chi connectivity index (χ1) is 13.5. The van der Waals surface area contributed by atoms with Gasteiger partial charge in [-0.15, -0.1) is 24.0 Å². The second kappa shape index (κ2) is 13.7. The maximum Gasteiger partial charge on any atom is 0.240 e. The number of sulfonamides is 1. The zero-order chi connectivity index (χ0) is 20.4. The van der Waals surface area contributed by atoms with Crippen LogP contribution in [0.1, 0.15) is 31.7 Å². The molecule has 0 bridgehead atoms. The summed E-state index contributed by atoms with van der Waals surface area (Å²) in [6.45, 7) is 3.28. The first-order valence-corrected chi connectivity index (χ1v) is 12.2. The van der Waals surface area contributed by atoms with Crippen molar-refractivity contribution in [2.45, 2.75) is 48.9 Å². The van der Waals surface area contributed by atoms with Gasteiger partial charge in [-0.25, -0.2) is 13.1 Å². The number of nitrogens with zero attached hydrogens (tertiary/aromatic N) is 1. The molecular formula is C19H33IN4O3S2. The molecule has 2 atom stereocenters. The molecule has 1 aliphatic carbocycles. The van der Waals surface area contributed by atoms with Crippen LogP contribution in [0.25, 0.3) is 0 Å². The molecule has 0 aliphatic heterocycles. The average Bonchev–Trinajstić information content (AvgIpc) is 3.13. The Hall–Kier alpha value is -0.560. The Kier molecular flexibility index (Phi) is 12.5. The van der Waals surface area contributed by atoms with E-state index in [9.17, 15) is 8.42 Å². The van der Waals surface area contributed by atoms with Crippen LogP contribution >= 0.6 is 35.7 Å². The summed E-state index contributed by atoms with van der Waals surface area (Å²) in [6, 6.07) is 7.36. The van der Waals surface area contributed by atoms with E-state index in [2.05, 4.69) is 27.3 Å². The van der Waals surface area contributed by atoms with Crippen LogP contribution in [-0.2, 0) is 21.3 Å². The Bertz CT molecular complexity index is 747.